The predicted molar refractivity (Wildman–Crippen MR) is 80.5 cm³/mol. The number of carbonyl (C=O) groups excluding carboxylic acids is 1. The van der Waals surface area contributed by atoms with E-state index in [9.17, 15) is 4.79 Å². The molecule has 0 saturated heterocycles. The monoisotopic (exact) mass is 256 g/mol. The highest BCUT2D eigenvalue weighted by Gasteiger charge is 2.40. The van der Waals surface area contributed by atoms with Crippen LogP contribution >= 0.6 is 0 Å². The van der Waals surface area contributed by atoms with Crippen molar-refractivity contribution in [3.05, 3.63) is 46.0 Å². The summed E-state index contributed by atoms with van der Waals surface area (Å²) in [6.45, 7) is 10.4. The van der Waals surface area contributed by atoms with Gasteiger partial charge in [-0.2, -0.15) is 0 Å². The number of ketones is 1. The molecule has 0 bridgehead atoms. The molecule has 1 unspecified atom stereocenters. The molecule has 0 aromatic heterocycles. The van der Waals surface area contributed by atoms with Gasteiger partial charge in [0.25, 0.3) is 0 Å². The molecule has 102 valence electrons. The van der Waals surface area contributed by atoms with Crippen molar-refractivity contribution in [2.24, 2.45) is 0 Å². The minimum absolute atomic E-state index is 0.292. The van der Waals surface area contributed by atoms with Crippen LogP contribution in [0.25, 0.3) is 0 Å². The number of carbonyl (C=O) groups is 1. The first-order chi connectivity index (χ1) is 8.88. The van der Waals surface area contributed by atoms with E-state index in [4.69, 9.17) is 0 Å². The quantitative estimate of drug-likeness (QED) is 0.704. The topological polar surface area (TPSA) is 17.1 Å². The van der Waals surface area contributed by atoms with Crippen molar-refractivity contribution in [2.75, 3.05) is 0 Å². The van der Waals surface area contributed by atoms with Crippen LogP contribution in [0.2, 0.25) is 0 Å². The van der Waals surface area contributed by atoms with Crippen LogP contribution in [-0.4, -0.2) is 5.78 Å². The van der Waals surface area contributed by atoms with Gasteiger partial charge in [-0.25, -0.2) is 0 Å². The van der Waals surface area contributed by atoms with E-state index in [-0.39, 0.29) is 5.41 Å². The van der Waals surface area contributed by atoms with Gasteiger partial charge >= 0.3 is 0 Å². The molecule has 0 fully saturated rings. The fraction of sp³-hybridized carbons (Fsp3) is 0.500. The van der Waals surface area contributed by atoms with E-state index in [1.54, 1.807) is 6.92 Å². The largest absolute Gasteiger partial charge is 0.299 e. The summed E-state index contributed by atoms with van der Waals surface area (Å²) in [6, 6.07) is 6.37. The van der Waals surface area contributed by atoms with E-state index in [2.05, 4.69) is 45.9 Å². The maximum atomic E-state index is 12.4. The number of benzene rings is 1. The predicted octanol–water partition coefficient (Wildman–Crippen LogP) is 4.65. The highest BCUT2D eigenvalue weighted by Crippen LogP contribution is 2.44. The summed E-state index contributed by atoms with van der Waals surface area (Å²) in [4.78, 5) is 12.4. The molecule has 1 aliphatic rings. The normalized spacial score (nSPS) is 23.6. The van der Waals surface area contributed by atoms with Crippen molar-refractivity contribution in [1.82, 2.24) is 0 Å². The Hall–Kier alpha value is -1.37. The molecular formula is C18H24O. The lowest BCUT2D eigenvalue weighted by Crippen LogP contribution is -2.37. The molecule has 0 amide bonds. The molecule has 1 aliphatic carbocycles. The van der Waals surface area contributed by atoms with Gasteiger partial charge < -0.3 is 0 Å². The van der Waals surface area contributed by atoms with E-state index in [0.29, 0.717) is 5.78 Å². The first-order valence-corrected chi connectivity index (χ1v) is 7.11. The van der Waals surface area contributed by atoms with Gasteiger partial charge in [-0.05, 0) is 70.6 Å². The third-order valence-electron chi connectivity index (χ3n) is 5.02. The zero-order valence-corrected chi connectivity index (χ0v) is 12.8. The molecule has 1 heteroatoms. The minimum Gasteiger partial charge on any atom is -0.299 e. The van der Waals surface area contributed by atoms with E-state index >= 15 is 0 Å². The highest BCUT2D eigenvalue weighted by molar-refractivity contribution is 5.89. The first-order valence-electron chi connectivity index (χ1n) is 7.11. The Morgan fingerprint density at radius 1 is 1.11 bits per heavy atom. The molecule has 0 saturated carbocycles. The number of rotatable bonds is 2. The molecule has 1 nitrogen and oxygen atoms in total. The molecule has 1 atom stereocenters. The van der Waals surface area contributed by atoms with Crippen molar-refractivity contribution >= 4 is 5.78 Å². The van der Waals surface area contributed by atoms with Gasteiger partial charge in [0, 0.05) is 0 Å². The first kappa shape index (κ1) is 14.0. The van der Waals surface area contributed by atoms with Crippen LogP contribution in [0.3, 0.4) is 0 Å². The Morgan fingerprint density at radius 3 is 2.37 bits per heavy atom. The molecule has 0 aliphatic heterocycles. The highest BCUT2D eigenvalue weighted by atomic mass is 16.1. The standard InChI is InChI=1S/C18H24O/c1-12-9-10-18(16(5)19,11-14(12)3)17-8-6-7-13(2)15(17)4/h6-8H,9-11H2,1-5H3. The lowest BCUT2D eigenvalue weighted by Gasteiger charge is -2.38. The maximum Gasteiger partial charge on any atom is 0.140 e. The molecule has 0 N–H and O–H groups in total. The Labute approximate surface area is 116 Å². The molecule has 19 heavy (non-hydrogen) atoms. The van der Waals surface area contributed by atoms with Crippen molar-refractivity contribution in [3.8, 4) is 0 Å². The molecular weight excluding hydrogens is 232 g/mol. The zero-order valence-electron chi connectivity index (χ0n) is 12.8. The van der Waals surface area contributed by atoms with Gasteiger partial charge in [-0.3, -0.25) is 4.79 Å². The van der Waals surface area contributed by atoms with E-state index in [0.717, 1.165) is 19.3 Å². The lowest BCUT2D eigenvalue weighted by atomic mass is 9.64. The van der Waals surface area contributed by atoms with Crippen molar-refractivity contribution in [1.29, 1.82) is 0 Å². The van der Waals surface area contributed by atoms with Crippen molar-refractivity contribution in [2.45, 2.75) is 59.3 Å². The fourth-order valence-corrected chi connectivity index (χ4v) is 3.30. The van der Waals surface area contributed by atoms with Gasteiger partial charge in [-0.15, -0.1) is 0 Å². The number of hydrogen-bond acceptors (Lipinski definition) is 1. The second-order valence-corrected chi connectivity index (χ2v) is 6.12. The summed E-state index contributed by atoms with van der Waals surface area (Å²) in [5.41, 5.74) is 6.36. The summed E-state index contributed by atoms with van der Waals surface area (Å²) in [7, 11) is 0. The Kier molecular flexibility index (Phi) is 3.66. The second-order valence-electron chi connectivity index (χ2n) is 6.12. The number of aryl methyl sites for hydroxylation is 1. The molecule has 1 aromatic rings. The Morgan fingerprint density at radius 2 is 1.79 bits per heavy atom. The third-order valence-corrected chi connectivity index (χ3v) is 5.02. The van der Waals surface area contributed by atoms with Crippen LogP contribution in [0.1, 0.15) is 56.7 Å². The van der Waals surface area contributed by atoms with Crippen LogP contribution in [0, 0.1) is 13.8 Å². The van der Waals surface area contributed by atoms with Gasteiger partial charge in [0.1, 0.15) is 5.78 Å². The second kappa shape index (κ2) is 4.96. The van der Waals surface area contributed by atoms with Crippen LogP contribution in [-0.2, 0) is 10.2 Å². The summed E-state index contributed by atoms with van der Waals surface area (Å²) >= 11 is 0. The number of hydrogen-bond donors (Lipinski definition) is 0. The maximum absolute atomic E-state index is 12.4. The summed E-state index contributed by atoms with van der Waals surface area (Å²) in [6.07, 6.45) is 2.88. The average molecular weight is 256 g/mol. The van der Waals surface area contributed by atoms with Crippen LogP contribution in [0.5, 0.6) is 0 Å². The lowest BCUT2D eigenvalue weighted by molar-refractivity contribution is -0.122. The Balaban J connectivity index is 2.59. The smallest absolute Gasteiger partial charge is 0.140 e. The van der Waals surface area contributed by atoms with Gasteiger partial charge in [0.05, 0.1) is 5.41 Å². The van der Waals surface area contributed by atoms with E-state index < -0.39 is 0 Å². The van der Waals surface area contributed by atoms with Gasteiger partial charge in [-0.1, -0.05) is 29.3 Å². The average Bonchev–Trinajstić information content (AvgIpc) is 2.36. The van der Waals surface area contributed by atoms with Crippen molar-refractivity contribution in [3.63, 3.8) is 0 Å². The molecule has 0 radical (unpaired) electrons. The Bertz CT molecular complexity index is 551. The van der Waals surface area contributed by atoms with Crippen molar-refractivity contribution < 1.29 is 4.79 Å². The molecule has 2 rings (SSSR count). The minimum atomic E-state index is -0.292. The molecule has 1 aromatic carbocycles. The number of allylic oxidation sites excluding steroid dienone is 2. The van der Waals surface area contributed by atoms with Gasteiger partial charge in [0.15, 0.2) is 0 Å². The number of Topliss-reactive ketones (excluding diaryl/α,β-unsaturated/α-hetero) is 1. The van der Waals surface area contributed by atoms with E-state index in [1.807, 2.05) is 0 Å². The summed E-state index contributed by atoms with van der Waals surface area (Å²) < 4.78 is 0. The van der Waals surface area contributed by atoms with Crippen LogP contribution in [0.4, 0.5) is 0 Å². The zero-order chi connectivity index (χ0) is 14.2. The van der Waals surface area contributed by atoms with Gasteiger partial charge in [0.2, 0.25) is 0 Å². The molecule has 0 heterocycles. The summed E-state index contributed by atoms with van der Waals surface area (Å²) in [5, 5.41) is 0. The van der Waals surface area contributed by atoms with Crippen LogP contribution < -0.4 is 0 Å². The summed E-state index contributed by atoms with van der Waals surface area (Å²) in [5.74, 6) is 0.313. The molecule has 0 spiro atoms. The third kappa shape index (κ3) is 2.27. The van der Waals surface area contributed by atoms with E-state index in [1.165, 1.54) is 27.8 Å². The van der Waals surface area contributed by atoms with Crippen LogP contribution in [0.15, 0.2) is 29.3 Å². The SMILES string of the molecule is CC(=O)C1(c2cccc(C)c2C)CCC(C)=C(C)C1. The fourth-order valence-electron chi connectivity index (χ4n) is 3.30.